The average Bonchev–Trinajstić information content (AvgIpc) is 2.12. The van der Waals surface area contributed by atoms with Crippen molar-refractivity contribution in [2.45, 2.75) is 32.2 Å². The molecule has 0 aromatic rings. The molecule has 0 aromatic carbocycles. The molecule has 2 unspecified atom stereocenters. The zero-order valence-corrected chi connectivity index (χ0v) is 8.37. The highest BCUT2D eigenvalue weighted by atomic mass is 15.1. The Labute approximate surface area is 80.5 Å². The minimum Gasteiger partial charge on any atom is -0.327 e. The third-order valence-corrected chi connectivity index (χ3v) is 2.82. The number of hydrogen-bond acceptors (Lipinski definition) is 3. The molecule has 0 spiro atoms. The Balaban J connectivity index is 2.18. The van der Waals surface area contributed by atoms with Crippen molar-refractivity contribution in [3.05, 3.63) is 0 Å². The minimum absolute atomic E-state index is 0.382. The molecular formula is C10H19N3. The first-order chi connectivity index (χ1) is 6.24. The first kappa shape index (κ1) is 10.5. The van der Waals surface area contributed by atoms with Crippen LogP contribution in [0.1, 0.15) is 26.2 Å². The van der Waals surface area contributed by atoms with Gasteiger partial charge in [-0.15, -0.1) is 0 Å². The van der Waals surface area contributed by atoms with Crippen molar-refractivity contribution in [1.82, 2.24) is 4.90 Å². The van der Waals surface area contributed by atoms with Crippen LogP contribution in [-0.2, 0) is 0 Å². The summed E-state index contributed by atoms with van der Waals surface area (Å²) in [5.74, 6) is 0.607. The standard InChI is InChI=1S/C10H19N3/c1-9-8-13(6-3-2-5-11)7-4-10(9)12/h9-10H,2-4,6-8,12H2,1H3. The maximum atomic E-state index is 8.40. The normalized spacial score (nSPS) is 29.9. The van der Waals surface area contributed by atoms with Gasteiger partial charge in [-0.2, -0.15) is 5.26 Å². The molecule has 3 nitrogen and oxygen atoms in total. The van der Waals surface area contributed by atoms with E-state index in [-0.39, 0.29) is 0 Å². The van der Waals surface area contributed by atoms with Gasteiger partial charge < -0.3 is 10.6 Å². The van der Waals surface area contributed by atoms with Crippen molar-refractivity contribution in [2.24, 2.45) is 11.7 Å². The Morgan fingerprint density at radius 2 is 2.38 bits per heavy atom. The van der Waals surface area contributed by atoms with Crippen molar-refractivity contribution in [1.29, 1.82) is 5.26 Å². The molecule has 13 heavy (non-hydrogen) atoms. The van der Waals surface area contributed by atoms with E-state index < -0.39 is 0 Å². The summed E-state index contributed by atoms with van der Waals surface area (Å²) in [6.45, 7) is 5.48. The molecule has 0 amide bonds. The van der Waals surface area contributed by atoms with Gasteiger partial charge in [-0.25, -0.2) is 0 Å². The van der Waals surface area contributed by atoms with Gasteiger partial charge in [-0.3, -0.25) is 0 Å². The molecule has 1 aliphatic rings. The predicted octanol–water partition coefficient (Wildman–Crippen LogP) is 0.959. The average molecular weight is 181 g/mol. The lowest BCUT2D eigenvalue weighted by Crippen LogP contribution is -2.46. The topological polar surface area (TPSA) is 53.0 Å². The fourth-order valence-electron chi connectivity index (χ4n) is 1.83. The van der Waals surface area contributed by atoms with Gasteiger partial charge in [0.2, 0.25) is 0 Å². The van der Waals surface area contributed by atoms with Crippen LogP contribution in [0.3, 0.4) is 0 Å². The summed E-state index contributed by atoms with van der Waals surface area (Å²) in [6.07, 6.45) is 2.78. The maximum absolute atomic E-state index is 8.40. The smallest absolute Gasteiger partial charge is 0.0622 e. The second-order valence-corrected chi connectivity index (χ2v) is 3.99. The molecular weight excluding hydrogens is 162 g/mol. The van der Waals surface area contributed by atoms with Crippen LogP contribution < -0.4 is 5.73 Å². The molecule has 2 atom stereocenters. The predicted molar refractivity (Wildman–Crippen MR) is 53.0 cm³/mol. The zero-order chi connectivity index (χ0) is 9.68. The Morgan fingerprint density at radius 1 is 1.62 bits per heavy atom. The van der Waals surface area contributed by atoms with E-state index in [0.29, 0.717) is 18.4 Å². The summed E-state index contributed by atoms with van der Waals surface area (Å²) in [4.78, 5) is 2.42. The van der Waals surface area contributed by atoms with Crippen molar-refractivity contribution in [2.75, 3.05) is 19.6 Å². The van der Waals surface area contributed by atoms with E-state index >= 15 is 0 Å². The van der Waals surface area contributed by atoms with Gasteiger partial charge in [0.15, 0.2) is 0 Å². The van der Waals surface area contributed by atoms with Crippen molar-refractivity contribution < 1.29 is 0 Å². The number of nitrogens with zero attached hydrogens (tertiary/aromatic N) is 2. The molecule has 2 N–H and O–H groups in total. The lowest BCUT2D eigenvalue weighted by Gasteiger charge is -2.34. The summed E-state index contributed by atoms with van der Waals surface area (Å²) >= 11 is 0. The Kier molecular flexibility index (Phi) is 4.20. The van der Waals surface area contributed by atoms with Gasteiger partial charge in [0.25, 0.3) is 0 Å². The molecule has 1 saturated heterocycles. The van der Waals surface area contributed by atoms with E-state index in [4.69, 9.17) is 11.0 Å². The zero-order valence-electron chi connectivity index (χ0n) is 8.37. The third kappa shape index (κ3) is 3.33. The van der Waals surface area contributed by atoms with Gasteiger partial charge in [-0.05, 0) is 31.8 Å². The number of nitrogens with two attached hydrogens (primary N) is 1. The summed E-state index contributed by atoms with van der Waals surface area (Å²) in [7, 11) is 0. The maximum Gasteiger partial charge on any atom is 0.0622 e. The number of nitriles is 1. The molecule has 1 aliphatic heterocycles. The monoisotopic (exact) mass is 181 g/mol. The van der Waals surface area contributed by atoms with Crippen molar-refractivity contribution in [3.8, 4) is 6.07 Å². The fraction of sp³-hybridized carbons (Fsp3) is 0.900. The summed E-state index contributed by atoms with van der Waals surface area (Å²) in [5.41, 5.74) is 5.92. The second kappa shape index (κ2) is 5.21. The van der Waals surface area contributed by atoms with Crippen LogP contribution >= 0.6 is 0 Å². The van der Waals surface area contributed by atoms with E-state index in [1.165, 1.54) is 0 Å². The Bertz CT molecular complexity index is 185. The second-order valence-electron chi connectivity index (χ2n) is 3.99. The molecule has 0 saturated carbocycles. The van der Waals surface area contributed by atoms with Gasteiger partial charge in [0, 0.05) is 19.0 Å². The largest absolute Gasteiger partial charge is 0.327 e. The fourth-order valence-corrected chi connectivity index (χ4v) is 1.83. The van der Waals surface area contributed by atoms with Crippen molar-refractivity contribution >= 4 is 0 Å². The quantitative estimate of drug-likeness (QED) is 0.660. The Morgan fingerprint density at radius 3 is 3.00 bits per heavy atom. The minimum atomic E-state index is 0.382. The van der Waals surface area contributed by atoms with E-state index in [1.54, 1.807) is 0 Å². The highest BCUT2D eigenvalue weighted by Gasteiger charge is 2.22. The highest BCUT2D eigenvalue weighted by molar-refractivity contribution is 4.80. The molecule has 1 rings (SSSR count). The lowest BCUT2D eigenvalue weighted by molar-refractivity contribution is 0.163. The van der Waals surface area contributed by atoms with Gasteiger partial charge >= 0.3 is 0 Å². The molecule has 0 radical (unpaired) electrons. The Hall–Kier alpha value is -0.590. The van der Waals surface area contributed by atoms with Crippen LogP contribution in [0.5, 0.6) is 0 Å². The summed E-state index contributed by atoms with van der Waals surface area (Å²) < 4.78 is 0. The molecule has 1 fully saturated rings. The van der Waals surface area contributed by atoms with E-state index in [2.05, 4.69) is 17.9 Å². The van der Waals surface area contributed by atoms with Crippen LogP contribution in [-0.4, -0.2) is 30.6 Å². The van der Waals surface area contributed by atoms with Crippen molar-refractivity contribution in [3.63, 3.8) is 0 Å². The summed E-state index contributed by atoms with van der Waals surface area (Å²) in [6, 6.07) is 2.56. The molecule has 1 heterocycles. The van der Waals surface area contributed by atoms with Crippen LogP contribution in [0.4, 0.5) is 0 Å². The first-order valence-corrected chi connectivity index (χ1v) is 5.09. The van der Waals surface area contributed by atoms with Crippen LogP contribution in [0, 0.1) is 17.2 Å². The molecule has 0 aromatic heterocycles. The number of unbranched alkanes of at least 4 members (excludes halogenated alkanes) is 1. The number of rotatable bonds is 3. The lowest BCUT2D eigenvalue weighted by atomic mass is 9.95. The number of likely N-dealkylation sites (tertiary alicyclic amines) is 1. The van der Waals surface area contributed by atoms with Crippen LogP contribution in [0.15, 0.2) is 0 Å². The van der Waals surface area contributed by atoms with Crippen LogP contribution in [0.25, 0.3) is 0 Å². The van der Waals surface area contributed by atoms with E-state index in [1.807, 2.05) is 0 Å². The van der Waals surface area contributed by atoms with E-state index in [0.717, 1.165) is 32.5 Å². The molecule has 0 bridgehead atoms. The third-order valence-electron chi connectivity index (χ3n) is 2.82. The number of piperidine rings is 1. The molecule has 74 valence electrons. The van der Waals surface area contributed by atoms with Crippen LogP contribution in [0.2, 0.25) is 0 Å². The highest BCUT2D eigenvalue weighted by Crippen LogP contribution is 2.14. The molecule has 0 aliphatic carbocycles. The van der Waals surface area contributed by atoms with Gasteiger partial charge in [-0.1, -0.05) is 6.92 Å². The summed E-state index contributed by atoms with van der Waals surface area (Å²) in [5, 5.41) is 8.40. The SMILES string of the molecule is CC1CN(CCCC#N)CCC1N. The molecule has 3 heteroatoms. The van der Waals surface area contributed by atoms with Gasteiger partial charge in [0.05, 0.1) is 6.07 Å². The van der Waals surface area contributed by atoms with Gasteiger partial charge in [0.1, 0.15) is 0 Å². The number of hydrogen-bond donors (Lipinski definition) is 1. The van der Waals surface area contributed by atoms with E-state index in [9.17, 15) is 0 Å². The first-order valence-electron chi connectivity index (χ1n) is 5.09.